The first-order chi connectivity index (χ1) is 9.91. The van der Waals surface area contributed by atoms with Crippen LogP contribution in [0.5, 0.6) is 0 Å². The van der Waals surface area contributed by atoms with Gasteiger partial charge in [0.1, 0.15) is 5.60 Å². The first-order valence-electron chi connectivity index (χ1n) is 6.72. The molecule has 0 saturated carbocycles. The number of hydrogen-bond acceptors (Lipinski definition) is 3. The van der Waals surface area contributed by atoms with Crippen LogP contribution in [0.1, 0.15) is 20.3 Å². The largest absolute Gasteiger partial charge is 0.443 e. The van der Waals surface area contributed by atoms with Gasteiger partial charge in [-0.25, -0.2) is 4.79 Å². The van der Waals surface area contributed by atoms with Gasteiger partial charge in [0.25, 0.3) is 0 Å². The van der Waals surface area contributed by atoms with E-state index >= 15 is 0 Å². The maximum atomic E-state index is 10.9. The van der Waals surface area contributed by atoms with Crippen molar-refractivity contribution in [1.82, 2.24) is 5.32 Å². The van der Waals surface area contributed by atoms with Crippen LogP contribution >= 0.6 is 15.9 Å². The third-order valence-electron chi connectivity index (χ3n) is 3.19. The number of carbonyl (C=O) groups is 1. The summed E-state index contributed by atoms with van der Waals surface area (Å²) in [5, 5.41) is 4.19. The molecule has 0 radical (unpaired) electrons. The molecule has 0 aromatic rings. The number of ether oxygens (including phenoxy) is 1. The Bertz CT molecular complexity index is 595. The van der Waals surface area contributed by atoms with Crippen LogP contribution in [0.3, 0.4) is 0 Å². The lowest BCUT2D eigenvalue weighted by molar-refractivity contribution is 0.0451. The fourth-order valence-corrected chi connectivity index (χ4v) is 2.86. The highest BCUT2D eigenvalue weighted by atomic mass is 79.9. The van der Waals surface area contributed by atoms with Crippen LogP contribution in [0.25, 0.3) is 0 Å². The van der Waals surface area contributed by atoms with Crippen LogP contribution in [0, 0.1) is 0 Å². The van der Waals surface area contributed by atoms with Crippen LogP contribution in [0.15, 0.2) is 59.0 Å². The molecule has 2 rings (SSSR count). The van der Waals surface area contributed by atoms with Crippen LogP contribution in [0.2, 0.25) is 0 Å². The van der Waals surface area contributed by atoms with Crippen LogP contribution in [-0.4, -0.2) is 17.0 Å². The molecule has 1 aliphatic heterocycles. The average Bonchev–Trinajstić information content (AvgIpc) is 2.57. The second kappa shape index (κ2) is 6.35. The zero-order chi connectivity index (χ0) is 15.5. The van der Waals surface area contributed by atoms with Gasteiger partial charge in [-0.05, 0) is 31.6 Å². The molecule has 1 aliphatic carbocycles. The summed E-state index contributed by atoms with van der Waals surface area (Å²) in [6, 6.07) is 0. The molecule has 0 bridgehead atoms. The Hall–Kier alpha value is -1.75. The number of alkyl halides is 1. The molecule has 1 amide bonds. The summed E-state index contributed by atoms with van der Waals surface area (Å²) >= 11 is 3.51. The Morgan fingerprint density at radius 3 is 2.67 bits per heavy atom. The summed E-state index contributed by atoms with van der Waals surface area (Å²) in [6.07, 6.45) is 12.0. The van der Waals surface area contributed by atoms with Crippen molar-refractivity contribution in [1.29, 1.82) is 0 Å². The van der Waals surface area contributed by atoms with Crippen LogP contribution in [-0.2, 0) is 4.74 Å². The Morgan fingerprint density at radius 1 is 1.29 bits per heavy atom. The molecule has 0 unspecified atom stereocenters. The summed E-state index contributed by atoms with van der Waals surface area (Å²) in [5.41, 5.74) is 8.86. The molecule has 5 heteroatoms. The number of rotatable bonds is 4. The molecule has 112 valence electrons. The Balaban J connectivity index is 2.20. The number of amides is 1. The number of dihydropyridines is 1. The summed E-state index contributed by atoms with van der Waals surface area (Å²) in [7, 11) is 0. The summed E-state index contributed by atoms with van der Waals surface area (Å²) in [4.78, 5) is 10.9. The second-order valence-electron chi connectivity index (χ2n) is 5.55. The van der Waals surface area contributed by atoms with Crippen LogP contribution < -0.4 is 11.1 Å². The zero-order valence-electron chi connectivity index (χ0n) is 12.2. The number of primary amides is 1. The highest BCUT2D eigenvalue weighted by Crippen LogP contribution is 2.29. The summed E-state index contributed by atoms with van der Waals surface area (Å²) in [5.74, 6) is 0. The van der Waals surface area contributed by atoms with Gasteiger partial charge in [-0.15, -0.1) is 0 Å². The van der Waals surface area contributed by atoms with Crippen LogP contribution in [0.4, 0.5) is 4.79 Å². The van der Waals surface area contributed by atoms with Gasteiger partial charge in [0.15, 0.2) is 0 Å². The molecular formula is C16H19BrN2O2. The fourth-order valence-electron chi connectivity index (χ4n) is 2.37. The quantitative estimate of drug-likeness (QED) is 0.763. The van der Waals surface area contributed by atoms with E-state index in [4.69, 9.17) is 10.5 Å². The van der Waals surface area contributed by atoms with Crippen molar-refractivity contribution in [3.05, 3.63) is 59.0 Å². The first kappa shape index (κ1) is 15.6. The predicted octanol–water partition coefficient (Wildman–Crippen LogP) is 3.44. The van der Waals surface area contributed by atoms with E-state index in [1.807, 2.05) is 38.2 Å². The van der Waals surface area contributed by atoms with Gasteiger partial charge in [-0.1, -0.05) is 40.2 Å². The van der Waals surface area contributed by atoms with Crippen molar-refractivity contribution in [2.45, 2.75) is 25.9 Å². The topological polar surface area (TPSA) is 64.3 Å². The van der Waals surface area contributed by atoms with Crippen molar-refractivity contribution in [3.63, 3.8) is 0 Å². The predicted molar refractivity (Wildman–Crippen MR) is 87.8 cm³/mol. The fraction of sp³-hybridized carbons (Fsp3) is 0.312. The normalized spacial score (nSPS) is 17.5. The molecule has 4 nitrogen and oxygen atoms in total. The third kappa shape index (κ3) is 4.11. The van der Waals surface area contributed by atoms with E-state index in [-0.39, 0.29) is 0 Å². The maximum Gasteiger partial charge on any atom is 0.405 e. The molecular weight excluding hydrogens is 332 g/mol. The molecule has 0 aromatic heterocycles. The molecule has 3 N–H and O–H groups in total. The molecule has 0 saturated heterocycles. The number of nitrogens with two attached hydrogens (primary N) is 1. The van der Waals surface area contributed by atoms with E-state index in [0.29, 0.717) is 6.42 Å². The number of carbonyl (C=O) groups excluding carboxylic acids is 1. The molecule has 2 aliphatic rings. The molecule has 21 heavy (non-hydrogen) atoms. The van der Waals surface area contributed by atoms with Gasteiger partial charge in [-0.2, -0.15) is 0 Å². The summed E-state index contributed by atoms with van der Waals surface area (Å²) < 4.78 is 5.13. The lowest BCUT2D eigenvalue weighted by Gasteiger charge is -2.28. The smallest absolute Gasteiger partial charge is 0.405 e. The van der Waals surface area contributed by atoms with E-state index < -0.39 is 11.7 Å². The van der Waals surface area contributed by atoms with Gasteiger partial charge in [0, 0.05) is 28.7 Å². The highest BCUT2D eigenvalue weighted by Gasteiger charge is 2.25. The van der Waals surface area contributed by atoms with E-state index in [0.717, 1.165) is 22.3 Å². The third-order valence-corrected chi connectivity index (χ3v) is 3.80. The molecule has 1 heterocycles. The number of nitrogens with one attached hydrogen (secondary N) is 1. The number of fused-ring (bicyclic) bond motifs is 1. The van der Waals surface area contributed by atoms with Crippen molar-refractivity contribution >= 4 is 22.0 Å². The van der Waals surface area contributed by atoms with Crippen molar-refractivity contribution in [3.8, 4) is 0 Å². The molecule has 0 aromatic carbocycles. The Labute approximate surface area is 133 Å². The van der Waals surface area contributed by atoms with Crippen molar-refractivity contribution in [2.24, 2.45) is 5.73 Å². The summed E-state index contributed by atoms with van der Waals surface area (Å²) in [6.45, 7) is 3.68. The van der Waals surface area contributed by atoms with Gasteiger partial charge < -0.3 is 15.8 Å². The van der Waals surface area contributed by atoms with Gasteiger partial charge in [0.2, 0.25) is 0 Å². The molecule has 0 fully saturated rings. The van der Waals surface area contributed by atoms with Crippen molar-refractivity contribution < 1.29 is 9.53 Å². The monoisotopic (exact) mass is 350 g/mol. The molecule has 0 atom stereocenters. The second-order valence-corrected chi connectivity index (χ2v) is 6.11. The number of hydrogen-bond donors (Lipinski definition) is 2. The first-order valence-corrected chi connectivity index (χ1v) is 7.84. The standard InChI is InChI=1S/C16H19BrN2O2/c1-16(2,21-15(18)20)9-12-7-8-13-11(10-17)5-3-4-6-14(13)19-12/h3-8,19H,9-10H2,1-2H3,(H2,18,20). The minimum absolute atomic E-state index is 0.564. The number of allylic oxidation sites excluding steroid dienone is 7. The van der Waals surface area contributed by atoms with E-state index in [9.17, 15) is 4.79 Å². The lowest BCUT2D eigenvalue weighted by Crippen LogP contribution is -2.34. The number of halogens is 1. The highest BCUT2D eigenvalue weighted by molar-refractivity contribution is 9.09. The van der Waals surface area contributed by atoms with E-state index in [2.05, 4.69) is 33.4 Å². The van der Waals surface area contributed by atoms with Crippen molar-refractivity contribution in [2.75, 3.05) is 5.33 Å². The SMILES string of the molecule is CC(C)(CC1=CC=C2C(CBr)=CC=CC=C2N1)OC(N)=O. The van der Waals surface area contributed by atoms with E-state index in [1.54, 1.807) is 0 Å². The van der Waals surface area contributed by atoms with E-state index in [1.165, 1.54) is 5.57 Å². The minimum Gasteiger partial charge on any atom is -0.443 e. The maximum absolute atomic E-state index is 10.9. The minimum atomic E-state index is -0.756. The zero-order valence-corrected chi connectivity index (χ0v) is 13.7. The average molecular weight is 351 g/mol. The Kier molecular flexibility index (Phi) is 4.73. The van der Waals surface area contributed by atoms with Gasteiger partial charge >= 0.3 is 6.09 Å². The Morgan fingerprint density at radius 2 is 2.00 bits per heavy atom. The lowest BCUT2D eigenvalue weighted by atomic mass is 9.96. The van der Waals surface area contributed by atoms with Gasteiger partial charge in [0.05, 0.1) is 0 Å². The van der Waals surface area contributed by atoms with Gasteiger partial charge in [-0.3, -0.25) is 0 Å². The molecule has 0 spiro atoms.